The first-order valence-corrected chi connectivity index (χ1v) is 4.34. The molecule has 0 aromatic carbocycles. The molecular formula is C8H6ClF2NO3. The molecule has 82 valence electrons. The first-order valence-electron chi connectivity index (χ1n) is 3.81. The molecule has 0 spiro atoms. The summed E-state index contributed by atoms with van der Waals surface area (Å²) in [6.07, 6.45) is -2.89. The summed E-state index contributed by atoms with van der Waals surface area (Å²) in [6, 6.07) is 0.857. The quantitative estimate of drug-likeness (QED) is 0.787. The van der Waals surface area contributed by atoms with Crippen LogP contribution < -0.4 is 5.56 Å². The van der Waals surface area contributed by atoms with Gasteiger partial charge in [0.1, 0.15) is 5.56 Å². The second-order valence-corrected chi connectivity index (χ2v) is 2.96. The minimum absolute atomic E-state index is 0.0938. The van der Waals surface area contributed by atoms with Crippen molar-refractivity contribution in [1.82, 2.24) is 4.98 Å². The molecule has 1 aromatic heterocycles. The van der Waals surface area contributed by atoms with Gasteiger partial charge in [-0.25, -0.2) is 13.6 Å². The number of carboxylic acid groups (broad SMARTS) is 1. The van der Waals surface area contributed by atoms with E-state index in [0.29, 0.717) is 0 Å². The average Bonchev–Trinajstić information content (AvgIpc) is 2.16. The lowest BCUT2D eigenvalue weighted by Crippen LogP contribution is -2.20. The molecule has 15 heavy (non-hydrogen) atoms. The number of carbonyl (C=O) groups is 1. The Kier molecular flexibility index (Phi) is 3.41. The van der Waals surface area contributed by atoms with Gasteiger partial charge in [0.25, 0.3) is 12.0 Å². The molecule has 1 heterocycles. The van der Waals surface area contributed by atoms with E-state index in [0.717, 1.165) is 6.07 Å². The normalized spacial score (nSPS) is 10.7. The number of alkyl halides is 3. The van der Waals surface area contributed by atoms with Gasteiger partial charge >= 0.3 is 5.97 Å². The van der Waals surface area contributed by atoms with Crippen molar-refractivity contribution in [2.24, 2.45) is 0 Å². The van der Waals surface area contributed by atoms with Gasteiger partial charge in [0.2, 0.25) is 0 Å². The molecule has 0 amide bonds. The Morgan fingerprint density at radius 2 is 2.20 bits per heavy atom. The standard InChI is InChI=1S/C8H6ClF2NO3/c9-2-3-1-4(8(14)15)7(13)12-5(3)6(10)11/h1,6H,2H2,(H,12,13)(H,14,15). The first kappa shape index (κ1) is 11.6. The summed E-state index contributed by atoms with van der Waals surface area (Å²) < 4.78 is 24.7. The lowest BCUT2D eigenvalue weighted by Gasteiger charge is -2.06. The number of halogens is 3. The summed E-state index contributed by atoms with van der Waals surface area (Å²) in [5.41, 5.74) is -2.40. The van der Waals surface area contributed by atoms with Crippen LogP contribution in [0, 0.1) is 0 Å². The number of nitrogens with one attached hydrogen (secondary N) is 1. The first-order chi connectivity index (χ1) is 6.97. The fraction of sp³-hybridized carbons (Fsp3) is 0.250. The maximum absolute atomic E-state index is 12.4. The molecule has 0 radical (unpaired) electrons. The Morgan fingerprint density at radius 3 is 2.60 bits per heavy atom. The summed E-state index contributed by atoms with van der Waals surface area (Å²) in [6.45, 7) is 0. The number of hydrogen-bond acceptors (Lipinski definition) is 2. The van der Waals surface area contributed by atoms with Gasteiger partial charge in [-0.3, -0.25) is 4.79 Å². The number of aromatic carboxylic acids is 1. The zero-order valence-electron chi connectivity index (χ0n) is 7.26. The maximum Gasteiger partial charge on any atom is 0.341 e. The van der Waals surface area contributed by atoms with Crippen LogP contribution in [0.2, 0.25) is 0 Å². The third-order valence-electron chi connectivity index (χ3n) is 1.75. The van der Waals surface area contributed by atoms with Crippen molar-refractivity contribution in [3.63, 3.8) is 0 Å². The number of pyridine rings is 1. The van der Waals surface area contributed by atoms with Crippen molar-refractivity contribution in [2.45, 2.75) is 12.3 Å². The van der Waals surface area contributed by atoms with E-state index in [2.05, 4.69) is 0 Å². The molecule has 1 aromatic rings. The fourth-order valence-electron chi connectivity index (χ4n) is 1.05. The lowest BCUT2D eigenvalue weighted by molar-refractivity contribution is 0.0694. The summed E-state index contributed by atoms with van der Waals surface area (Å²) in [4.78, 5) is 23.4. The van der Waals surface area contributed by atoms with Gasteiger partial charge in [-0.2, -0.15) is 0 Å². The van der Waals surface area contributed by atoms with E-state index in [9.17, 15) is 18.4 Å². The minimum Gasteiger partial charge on any atom is -0.477 e. The Hall–Kier alpha value is -1.43. The largest absolute Gasteiger partial charge is 0.477 e. The van der Waals surface area contributed by atoms with Crippen LogP contribution in [0.3, 0.4) is 0 Å². The van der Waals surface area contributed by atoms with Crippen molar-refractivity contribution in [2.75, 3.05) is 0 Å². The molecule has 0 aliphatic rings. The topological polar surface area (TPSA) is 70.2 Å². The molecule has 0 fully saturated rings. The summed E-state index contributed by atoms with van der Waals surface area (Å²) in [5.74, 6) is -1.78. The van der Waals surface area contributed by atoms with Crippen molar-refractivity contribution in [3.05, 3.63) is 33.2 Å². The zero-order chi connectivity index (χ0) is 11.6. The predicted octanol–water partition coefficient (Wildman–Crippen LogP) is 1.75. The van der Waals surface area contributed by atoms with E-state index in [1.807, 2.05) is 0 Å². The monoisotopic (exact) mass is 237 g/mol. The second-order valence-electron chi connectivity index (χ2n) is 2.69. The van der Waals surface area contributed by atoms with Crippen LogP contribution in [-0.4, -0.2) is 16.1 Å². The predicted molar refractivity (Wildman–Crippen MR) is 48.5 cm³/mol. The van der Waals surface area contributed by atoms with E-state index >= 15 is 0 Å². The Morgan fingerprint density at radius 1 is 1.60 bits per heavy atom. The lowest BCUT2D eigenvalue weighted by atomic mass is 10.1. The highest BCUT2D eigenvalue weighted by Gasteiger charge is 2.18. The van der Waals surface area contributed by atoms with Crippen LogP contribution in [0.5, 0.6) is 0 Å². The number of hydrogen-bond donors (Lipinski definition) is 2. The van der Waals surface area contributed by atoms with Gasteiger partial charge in [0.05, 0.1) is 5.69 Å². The number of aromatic nitrogens is 1. The van der Waals surface area contributed by atoms with Gasteiger partial charge in [-0.05, 0) is 11.6 Å². The van der Waals surface area contributed by atoms with Crippen molar-refractivity contribution < 1.29 is 18.7 Å². The molecule has 0 bridgehead atoms. The van der Waals surface area contributed by atoms with Crippen molar-refractivity contribution in [1.29, 1.82) is 0 Å². The van der Waals surface area contributed by atoms with E-state index in [4.69, 9.17) is 16.7 Å². The molecule has 0 atom stereocenters. The summed E-state index contributed by atoms with van der Waals surface area (Å²) in [5, 5.41) is 8.56. The van der Waals surface area contributed by atoms with Crippen LogP contribution in [0.25, 0.3) is 0 Å². The van der Waals surface area contributed by atoms with Crippen LogP contribution >= 0.6 is 11.6 Å². The van der Waals surface area contributed by atoms with E-state index < -0.39 is 29.2 Å². The molecule has 0 saturated heterocycles. The Labute approximate surface area is 87.5 Å². The molecular weight excluding hydrogens is 232 g/mol. The van der Waals surface area contributed by atoms with Crippen LogP contribution in [0.15, 0.2) is 10.9 Å². The highest BCUT2D eigenvalue weighted by molar-refractivity contribution is 6.17. The molecule has 7 heteroatoms. The van der Waals surface area contributed by atoms with Crippen molar-refractivity contribution in [3.8, 4) is 0 Å². The van der Waals surface area contributed by atoms with Gasteiger partial charge in [0, 0.05) is 5.88 Å². The molecule has 1 rings (SSSR count). The third kappa shape index (κ3) is 2.33. The molecule has 0 saturated carbocycles. The molecule has 4 nitrogen and oxygen atoms in total. The molecule has 0 aliphatic carbocycles. The van der Waals surface area contributed by atoms with Gasteiger partial charge in [-0.15, -0.1) is 11.6 Å². The number of rotatable bonds is 3. The van der Waals surface area contributed by atoms with E-state index in [-0.39, 0.29) is 11.4 Å². The maximum atomic E-state index is 12.4. The number of H-pyrrole nitrogens is 1. The SMILES string of the molecule is O=C(O)c1cc(CCl)c(C(F)F)[nH]c1=O. The average molecular weight is 238 g/mol. The van der Waals surface area contributed by atoms with Gasteiger partial charge < -0.3 is 10.1 Å². The smallest absolute Gasteiger partial charge is 0.341 e. The van der Waals surface area contributed by atoms with E-state index in [1.165, 1.54) is 0 Å². The van der Waals surface area contributed by atoms with Gasteiger partial charge in [-0.1, -0.05) is 0 Å². The fourth-order valence-corrected chi connectivity index (χ4v) is 1.27. The summed E-state index contributed by atoms with van der Waals surface area (Å²) >= 11 is 5.36. The van der Waals surface area contributed by atoms with Crippen LogP contribution in [0.1, 0.15) is 28.0 Å². The molecule has 0 aliphatic heterocycles. The zero-order valence-corrected chi connectivity index (χ0v) is 8.02. The third-order valence-corrected chi connectivity index (χ3v) is 2.04. The van der Waals surface area contributed by atoms with Gasteiger partial charge in [0.15, 0.2) is 0 Å². The van der Waals surface area contributed by atoms with Crippen molar-refractivity contribution >= 4 is 17.6 Å². The Balaban J connectivity index is 3.42. The van der Waals surface area contributed by atoms with Crippen LogP contribution in [0.4, 0.5) is 8.78 Å². The minimum atomic E-state index is -2.89. The second kappa shape index (κ2) is 4.39. The summed E-state index contributed by atoms with van der Waals surface area (Å²) in [7, 11) is 0. The number of aromatic amines is 1. The highest BCUT2D eigenvalue weighted by atomic mass is 35.5. The number of carboxylic acids is 1. The molecule has 0 unspecified atom stereocenters. The van der Waals surface area contributed by atoms with Crippen LogP contribution in [-0.2, 0) is 5.88 Å². The Bertz CT molecular complexity index is 444. The van der Waals surface area contributed by atoms with E-state index in [1.54, 1.807) is 4.98 Å². The molecule has 2 N–H and O–H groups in total. The highest BCUT2D eigenvalue weighted by Crippen LogP contribution is 2.21.